The lowest BCUT2D eigenvalue weighted by molar-refractivity contribution is -0.140. The van der Waals surface area contributed by atoms with Gasteiger partial charge in [0.05, 0.1) is 10.7 Å². The number of hydrogen-bond acceptors (Lipinski definition) is 2. The maximum absolute atomic E-state index is 12.4. The van der Waals surface area contributed by atoms with Crippen molar-refractivity contribution in [1.82, 2.24) is 0 Å². The van der Waals surface area contributed by atoms with Crippen LogP contribution in [-0.2, 0) is 10.2 Å². The fourth-order valence-electron chi connectivity index (χ4n) is 4.90. The van der Waals surface area contributed by atoms with E-state index < -0.39 is 10.3 Å². The minimum Gasteiger partial charge on any atom is -0.481 e. The summed E-state index contributed by atoms with van der Waals surface area (Å²) in [6.45, 7) is 3.74. The van der Waals surface area contributed by atoms with Gasteiger partial charge in [0, 0.05) is 5.56 Å². The summed E-state index contributed by atoms with van der Waals surface area (Å²) in [5, 5.41) is 9.26. The fourth-order valence-corrected chi connectivity index (χ4v) is 5.13. The Hall–Kier alpha value is -1.16. The summed E-state index contributed by atoms with van der Waals surface area (Å²) in [5.74, 6) is -0.559. The Kier molecular flexibility index (Phi) is 4.87. The van der Waals surface area contributed by atoms with E-state index >= 15 is 0 Å². The van der Waals surface area contributed by atoms with E-state index in [0.717, 1.165) is 50.5 Å². The number of halogens is 1. The van der Waals surface area contributed by atoms with Gasteiger partial charge in [-0.25, -0.2) is 0 Å². The first-order chi connectivity index (χ1) is 11.7. The van der Waals surface area contributed by atoms with E-state index in [0.29, 0.717) is 6.42 Å². The molecule has 3 nitrogen and oxygen atoms in total. The molecule has 1 aromatic rings. The van der Waals surface area contributed by atoms with Crippen LogP contribution in [0.15, 0.2) is 24.3 Å². The molecule has 0 aliphatic heterocycles. The molecule has 0 spiro atoms. The van der Waals surface area contributed by atoms with Gasteiger partial charge in [-0.05, 0) is 68.8 Å². The predicted molar refractivity (Wildman–Crippen MR) is 102 cm³/mol. The smallest absolute Gasteiger partial charge is 0.303 e. The molecule has 3 fully saturated rings. The van der Waals surface area contributed by atoms with E-state index in [9.17, 15) is 14.7 Å². The maximum atomic E-state index is 12.4. The van der Waals surface area contributed by atoms with E-state index in [4.69, 9.17) is 0 Å². The second-order valence-corrected chi connectivity index (χ2v) is 10.6. The zero-order valence-corrected chi connectivity index (χ0v) is 16.7. The first kappa shape index (κ1) is 18.6. The highest BCUT2D eigenvalue weighted by atomic mass is 79.9. The molecule has 0 amide bonds. The van der Waals surface area contributed by atoms with Crippen LogP contribution >= 0.6 is 15.9 Å². The van der Waals surface area contributed by atoms with Gasteiger partial charge in [-0.2, -0.15) is 0 Å². The number of Topliss-reactive ketones (excluding diaryl/α,β-unsaturated/α-hetero) is 1. The summed E-state index contributed by atoms with van der Waals surface area (Å²) >= 11 is 3.44. The second kappa shape index (κ2) is 6.53. The number of aliphatic carboxylic acids is 1. The number of carbonyl (C=O) groups excluding carboxylic acids is 1. The van der Waals surface area contributed by atoms with Crippen LogP contribution in [0.2, 0.25) is 0 Å². The summed E-state index contributed by atoms with van der Waals surface area (Å²) in [6, 6.07) is 8.17. The van der Waals surface area contributed by atoms with Crippen molar-refractivity contribution in [1.29, 1.82) is 0 Å². The fraction of sp³-hybridized carbons (Fsp3) is 0.619. The molecule has 3 aliphatic rings. The molecule has 0 radical (unpaired) electrons. The number of carbonyl (C=O) groups is 2. The van der Waals surface area contributed by atoms with Crippen molar-refractivity contribution in [3.8, 4) is 0 Å². The highest BCUT2D eigenvalue weighted by molar-refractivity contribution is 9.10. The van der Waals surface area contributed by atoms with Crippen molar-refractivity contribution in [2.24, 2.45) is 5.41 Å². The molecule has 1 N–H and O–H groups in total. The van der Waals surface area contributed by atoms with E-state index in [1.54, 1.807) is 0 Å². The molecule has 0 saturated heterocycles. The molecule has 1 aromatic carbocycles. The van der Waals surface area contributed by atoms with Gasteiger partial charge in [0.2, 0.25) is 0 Å². The third-order valence-corrected chi connectivity index (χ3v) is 6.82. The van der Waals surface area contributed by atoms with Gasteiger partial charge in [0.1, 0.15) is 0 Å². The van der Waals surface area contributed by atoms with Crippen molar-refractivity contribution >= 4 is 27.7 Å². The first-order valence-electron chi connectivity index (χ1n) is 9.22. The average Bonchev–Trinajstić information content (AvgIpc) is 2.84. The van der Waals surface area contributed by atoms with Gasteiger partial charge in [-0.15, -0.1) is 0 Å². The SMILES string of the molecule is CC(C)(Br)C(=O)c1ccc(C23CCCC(CC(=O)O)(CC2)CC3)cc1. The van der Waals surface area contributed by atoms with E-state index in [-0.39, 0.29) is 16.6 Å². The van der Waals surface area contributed by atoms with Crippen molar-refractivity contribution in [2.45, 2.75) is 75.0 Å². The molecule has 0 unspecified atom stereocenters. The summed E-state index contributed by atoms with van der Waals surface area (Å²) in [6.07, 6.45) is 7.73. The quantitative estimate of drug-likeness (QED) is 0.518. The number of hydrogen-bond donors (Lipinski definition) is 1. The van der Waals surface area contributed by atoms with Gasteiger partial charge in [-0.1, -0.05) is 46.6 Å². The van der Waals surface area contributed by atoms with Gasteiger partial charge in [0.15, 0.2) is 5.78 Å². The van der Waals surface area contributed by atoms with Crippen molar-refractivity contribution in [3.05, 3.63) is 35.4 Å². The standard InChI is InChI=1S/C21H27BrO3/c1-19(2,22)18(25)15-4-6-16(7-5-15)21-9-3-8-20(10-12-21,11-13-21)14-17(23)24/h4-7H,3,8-14H2,1-2H3,(H,23,24). The largest absolute Gasteiger partial charge is 0.481 e. The highest BCUT2D eigenvalue weighted by Gasteiger charge is 2.47. The third kappa shape index (κ3) is 3.69. The number of alkyl halides is 1. The minimum absolute atomic E-state index is 0.0156. The van der Waals surface area contributed by atoms with Gasteiger partial charge in [0.25, 0.3) is 0 Å². The normalized spacial score (nSPS) is 29.2. The number of ketones is 1. The van der Waals surface area contributed by atoms with Gasteiger partial charge >= 0.3 is 5.97 Å². The Morgan fingerprint density at radius 2 is 1.64 bits per heavy atom. The second-order valence-electron chi connectivity index (χ2n) is 8.58. The van der Waals surface area contributed by atoms with E-state index in [2.05, 4.69) is 28.1 Å². The zero-order chi connectivity index (χ0) is 18.3. The molecule has 4 heteroatoms. The topological polar surface area (TPSA) is 54.4 Å². The molecule has 0 aromatic heterocycles. The third-order valence-electron chi connectivity index (χ3n) is 6.46. The molecule has 25 heavy (non-hydrogen) atoms. The molecular formula is C21H27BrO3. The molecule has 2 bridgehead atoms. The zero-order valence-electron chi connectivity index (χ0n) is 15.1. The molecule has 0 atom stereocenters. The lowest BCUT2D eigenvalue weighted by Crippen LogP contribution is -2.35. The number of benzene rings is 1. The summed E-state index contributed by atoms with van der Waals surface area (Å²) in [4.78, 5) is 23.7. The van der Waals surface area contributed by atoms with Gasteiger partial charge < -0.3 is 5.11 Å². The highest BCUT2D eigenvalue weighted by Crippen LogP contribution is 2.56. The molecule has 0 heterocycles. The molecular weight excluding hydrogens is 380 g/mol. The van der Waals surface area contributed by atoms with Crippen LogP contribution in [0.3, 0.4) is 0 Å². The first-order valence-corrected chi connectivity index (χ1v) is 10.0. The van der Waals surface area contributed by atoms with Crippen molar-refractivity contribution < 1.29 is 14.7 Å². The van der Waals surface area contributed by atoms with Crippen LogP contribution in [0.25, 0.3) is 0 Å². The van der Waals surface area contributed by atoms with Crippen LogP contribution in [0, 0.1) is 5.41 Å². The van der Waals surface area contributed by atoms with Crippen LogP contribution in [0.5, 0.6) is 0 Å². The molecule has 136 valence electrons. The Morgan fingerprint density at radius 3 is 2.16 bits per heavy atom. The number of carboxylic acids is 1. The average molecular weight is 407 g/mol. The van der Waals surface area contributed by atoms with Crippen LogP contribution in [0.4, 0.5) is 0 Å². The van der Waals surface area contributed by atoms with Crippen molar-refractivity contribution in [3.63, 3.8) is 0 Å². The Morgan fingerprint density at radius 1 is 1.04 bits per heavy atom. The predicted octanol–water partition coefficient (Wildman–Crippen LogP) is 5.50. The summed E-state index contributed by atoms with van der Waals surface area (Å²) < 4.78 is -0.545. The van der Waals surface area contributed by atoms with Crippen LogP contribution < -0.4 is 0 Å². The van der Waals surface area contributed by atoms with Crippen molar-refractivity contribution in [2.75, 3.05) is 0 Å². The number of carboxylic acid groups (broad SMARTS) is 1. The summed E-state index contributed by atoms with van der Waals surface area (Å²) in [7, 11) is 0. The summed E-state index contributed by atoms with van der Waals surface area (Å²) in [5.41, 5.74) is 2.25. The van der Waals surface area contributed by atoms with E-state index in [1.165, 1.54) is 5.56 Å². The maximum Gasteiger partial charge on any atom is 0.303 e. The van der Waals surface area contributed by atoms with Crippen LogP contribution in [0.1, 0.15) is 81.1 Å². The molecule has 3 saturated carbocycles. The van der Waals surface area contributed by atoms with Gasteiger partial charge in [-0.3, -0.25) is 9.59 Å². The number of rotatable bonds is 5. The Labute approximate surface area is 158 Å². The minimum atomic E-state index is -0.658. The lowest BCUT2D eigenvalue weighted by Gasteiger charge is -2.43. The number of fused-ring (bicyclic) bond motifs is 4. The molecule has 4 rings (SSSR count). The Bertz CT molecular complexity index is 661. The molecule has 3 aliphatic carbocycles. The Balaban J connectivity index is 1.81. The monoisotopic (exact) mass is 406 g/mol. The van der Waals surface area contributed by atoms with E-state index in [1.807, 2.05) is 26.0 Å². The lowest BCUT2D eigenvalue weighted by atomic mass is 9.62. The van der Waals surface area contributed by atoms with Crippen LogP contribution in [-0.4, -0.2) is 21.2 Å².